The van der Waals surface area contributed by atoms with Crippen molar-refractivity contribution < 1.29 is 19.8 Å². The van der Waals surface area contributed by atoms with Crippen molar-refractivity contribution in [1.29, 1.82) is 5.26 Å². The minimum atomic E-state index is -1.07. The summed E-state index contributed by atoms with van der Waals surface area (Å²) in [6.45, 7) is 1.27. The van der Waals surface area contributed by atoms with Crippen molar-refractivity contribution in [3.63, 3.8) is 0 Å². The Balaban J connectivity index is 2.07. The molecule has 0 radical (unpaired) electrons. The van der Waals surface area contributed by atoms with Gasteiger partial charge in [0.1, 0.15) is 0 Å². The van der Waals surface area contributed by atoms with Crippen LogP contribution in [0, 0.1) is 23.2 Å². The molecule has 1 aromatic carbocycles. The first-order chi connectivity index (χ1) is 10.0. The predicted molar refractivity (Wildman–Crippen MR) is 73.3 cm³/mol. The number of likely N-dealkylation sites (tertiary alicyclic amines) is 1. The normalized spacial score (nSPS) is 22.4. The van der Waals surface area contributed by atoms with Crippen molar-refractivity contribution in [2.24, 2.45) is 11.8 Å². The molecule has 1 aliphatic rings. The fourth-order valence-corrected chi connectivity index (χ4v) is 2.71. The Morgan fingerprint density at radius 1 is 1.29 bits per heavy atom. The number of nitriles is 1. The van der Waals surface area contributed by atoms with Crippen LogP contribution in [0.1, 0.15) is 17.5 Å². The molecule has 2 atom stereocenters. The van der Waals surface area contributed by atoms with Gasteiger partial charge in [0.05, 0.1) is 23.5 Å². The largest absolute Gasteiger partial charge is 0.481 e. The summed E-state index contributed by atoms with van der Waals surface area (Å²) in [5.41, 5.74) is 1.48. The van der Waals surface area contributed by atoms with E-state index in [-0.39, 0.29) is 6.54 Å². The van der Waals surface area contributed by atoms with Crippen LogP contribution in [0.25, 0.3) is 0 Å². The highest BCUT2D eigenvalue weighted by Gasteiger charge is 2.38. The molecule has 2 N–H and O–H groups in total. The number of carboxylic acids is 2. The second-order valence-electron chi connectivity index (χ2n) is 5.23. The molecule has 0 aliphatic carbocycles. The van der Waals surface area contributed by atoms with Crippen LogP contribution in [0.4, 0.5) is 0 Å². The molecule has 0 spiro atoms. The molecule has 0 saturated carbocycles. The van der Waals surface area contributed by atoms with Gasteiger partial charge in [0.15, 0.2) is 0 Å². The molecule has 1 aromatic rings. The quantitative estimate of drug-likeness (QED) is 0.862. The summed E-state index contributed by atoms with van der Waals surface area (Å²) in [6, 6.07) is 9.19. The third-order valence-corrected chi connectivity index (χ3v) is 3.79. The average Bonchev–Trinajstić information content (AvgIpc) is 2.47. The highest BCUT2D eigenvalue weighted by Crippen LogP contribution is 2.25. The van der Waals surface area contributed by atoms with Gasteiger partial charge in [-0.1, -0.05) is 12.1 Å². The van der Waals surface area contributed by atoms with E-state index >= 15 is 0 Å². The van der Waals surface area contributed by atoms with E-state index < -0.39 is 23.8 Å². The summed E-state index contributed by atoms with van der Waals surface area (Å²) < 4.78 is 0. The summed E-state index contributed by atoms with van der Waals surface area (Å²) in [7, 11) is 0. The molecule has 0 aromatic heterocycles. The molecule has 0 bridgehead atoms. The first kappa shape index (κ1) is 15.0. The van der Waals surface area contributed by atoms with Gasteiger partial charge in [-0.3, -0.25) is 14.5 Å². The van der Waals surface area contributed by atoms with Crippen LogP contribution in [-0.2, 0) is 16.1 Å². The molecule has 2 rings (SSSR count). The first-order valence-corrected chi connectivity index (χ1v) is 6.68. The zero-order valence-electron chi connectivity index (χ0n) is 11.4. The molecule has 0 amide bonds. The molecule has 6 heteroatoms. The number of hydrogen-bond acceptors (Lipinski definition) is 4. The van der Waals surface area contributed by atoms with Crippen molar-refractivity contribution >= 4 is 11.9 Å². The first-order valence-electron chi connectivity index (χ1n) is 6.68. The molecular formula is C15H16N2O4. The average molecular weight is 288 g/mol. The van der Waals surface area contributed by atoms with Gasteiger partial charge in [0.2, 0.25) is 0 Å². The van der Waals surface area contributed by atoms with Crippen molar-refractivity contribution in [3.8, 4) is 6.07 Å². The number of rotatable bonds is 4. The van der Waals surface area contributed by atoms with Crippen LogP contribution < -0.4 is 0 Å². The maximum absolute atomic E-state index is 11.2. The lowest BCUT2D eigenvalue weighted by Gasteiger charge is -2.34. The number of nitrogens with zero attached hydrogens (tertiary/aromatic N) is 2. The minimum absolute atomic E-state index is 0.211. The summed E-state index contributed by atoms with van der Waals surface area (Å²) in [4.78, 5) is 24.3. The van der Waals surface area contributed by atoms with Gasteiger partial charge in [0.25, 0.3) is 0 Å². The third-order valence-electron chi connectivity index (χ3n) is 3.79. The highest BCUT2D eigenvalue weighted by atomic mass is 16.4. The second kappa shape index (κ2) is 6.37. The lowest BCUT2D eigenvalue weighted by atomic mass is 9.85. The van der Waals surface area contributed by atoms with Gasteiger partial charge >= 0.3 is 11.9 Å². The fourth-order valence-electron chi connectivity index (χ4n) is 2.71. The SMILES string of the molecule is N#Cc1cccc(CN2CCC(C(=O)O)C(C(=O)O)C2)c1. The zero-order valence-corrected chi connectivity index (χ0v) is 11.4. The molecule has 1 saturated heterocycles. The molecule has 2 unspecified atom stereocenters. The van der Waals surface area contributed by atoms with E-state index in [2.05, 4.69) is 6.07 Å². The highest BCUT2D eigenvalue weighted by molar-refractivity contribution is 5.80. The number of carboxylic acid groups (broad SMARTS) is 2. The summed E-state index contributed by atoms with van der Waals surface area (Å²) in [6.07, 6.45) is 0.324. The number of aliphatic carboxylic acids is 2. The van der Waals surface area contributed by atoms with Crippen LogP contribution in [0.2, 0.25) is 0 Å². The Bertz CT molecular complexity index is 594. The maximum atomic E-state index is 11.2. The van der Waals surface area contributed by atoms with Crippen molar-refractivity contribution in [2.75, 3.05) is 13.1 Å². The van der Waals surface area contributed by atoms with E-state index in [1.807, 2.05) is 11.0 Å². The Hall–Kier alpha value is -2.39. The van der Waals surface area contributed by atoms with Gasteiger partial charge in [-0.15, -0.1) is 0 Å². The molecule has 1 aliphatic heterocycles. The Morgan fingerprint density at radius 2 is 2.00 bits per heavy atom. The molecule has 110 valence electrons. The van der Waals surface area contributed by atoms with Crippen LogP contribution >= 0.6 is 0 Å². The predicted octanol–water partition coefficient (Wildman–Crippen LogP) is 1.17. The van der Waals surface area contributed by atoms with Crippen LogP contribution in [0.5, 0.6) is 0 Å². The molecule has 1 fully saturated rings. The topological polar surface area (TPSA) is 102 Å². The molecular weight excluding hydrogens is 272 g/mol. The van der Waals surface area contributed by atoms with E-state index in [4.69, 9.17) is 10.4 Å². The molecule has 21 heavy (non-hydrogen) atoms. The van der Waals surface area contributed by atoms with Gasteiger partial charge < -0.3 is 10.2 Å². The van der Waals surface area contributed by atoms with Crippen molar-refractivity contribution in [3.05, 3.63) is 35.4 Å². The molecule has 1 heterocycles. The van der Waals surface area contributed by atoms with Crippen molar-refractivity contribution in [1.82, 2.24) is 4.90 Å². The van der Waals surface area contributed by atoms with Gasteiger partial charge in [-0.25, -0.2) is 0 Å². The van der Waals surface area contributed by atoms with Gasteiger partial charge in [-0.05, 0) is 30.7 Å². The Kier molecular flexibility index (Phi) is 4.55. The Morgan fingerprint density at radius 3 is 2.62 bits per heavy atom. The summed E-state index contributed by atoms with van der Waals surface area (Å²) in [5, 5.41) is 27.1. The number of piperidine rings is 1. The van der Waals surface area contributed by atoms with Crippen LogP contribution in [0.15, 0.2) is 24.3 Å². The van der Waals surface area contributed by atoms with E-state index in [1.54, 1.807) is 18.2 Å². The van der Waals surface area contributed by atoms with Crippen LogP contribution in [0.3, 0.4) is 0 Å². The minimum Gasteiger partial charge on any atom is -0.481 e. The second-order valence-corrected chi connectivity index (χ2v) is 5.23. The van der Waals surface area contributed by atoms with Gasteiger partial charge in [0, 0.05) is 13.1 Å². The number of benzene rings is 1. The van der Waals surface area contributed by atoms with Gasteiger partial charge in [-0.2, -0.15) is 5.26 Å². The maximum Gasteiger partial charge on any atom is 0.308 e. The van der Waals surface area contributed by atoms with E-state index in [0.29, 0.717) is 25.1 Å². The zero-order chi connectivity index (χ0) is 15.4. The monoisotopic (exact) mass is 288 g/mol. The standard InChI is InChI=1S/C15H16N2O4/c16-7-10-2-1-3-11(6-10)8-17-5-4-12(14(18)19)13(9-17)15(20)21/h1-3,6,12-13H,4-5,8-9H2,(H,18,19)(H,20,21). The number of hydrogen-bond donors (Lipinski definition) is 2. The van der Waals surface area contributed by atoms with E-state index in [1.165, 1.54) is 0 Å². The lowest BCUT2D eigenvalue weighted by molar-refractivity contribution is -0.157. The summed E-state index contributed by atoms with van der Waals surface area (Å²) in [5.74, 6) is -3.84. The number of carbonyl (C=O) groups is 2. The van der Waals surface area contributed by atoms with Crippen LogP contribution in [-0.4, -0.2) is 40.1 Å². The van der Waals surface area contributed by atoms with Crippen molar-refractivity contribution in [2.45, 2.75) is 13.0 Å². The summed E-state index contributed by atoms with van der Waals surface area (Å²) >= 11 is 0. The molecule has 6 nitrogen and oxygen atoms in total. The smallest absolute Gasteiger partial charge is 0.308 e. The Labute approximate surface area is 122 Å². The lowest BCUT2D eigenvalue weighted by Crippen LogP contribution is -2.46. The van der Waals surface area contributed by atoms with E-state index in [9.17, 15) is 14.7 Å². The fraction of sp³-hybridized carbons (Fsp3) is 0.400. The van der Waals surface area contributed by atoms with E-state index in [0.717, 1.165) is 5.56 Å². The third kappa shape index (κ3) is 3.58.